The number of hydrogen-bond acceptors (Lipinski definition) is 12. The van der Waals surface area contributed by atoms with Crippen LogP contribution in [-0.2, 0) is 14.2 Å². The highest BCUT2D eigenvalue weighted by molar-refractivity contribution is 5.90. The van der Waals surface area contributed by atoms with E-state index in [0.717, 1.165) is 0 Å². The Balaban J connectivity index is 1.39. The highest BCUT2D eigenvalue weighted by atomic mass is 16.6. The molecule has 13 nitrogen and oxygen atoms in total. The summed E-state index contributed by atoms with van der Waals surface area (Å²) in [5.74, 6) is 0.0606. The van der Waals surface area contributed by atoms with Gasteiger partial charge >= 0.3 is 11.9 Å². The van der Waals surface area contributed by atoms with Gasteiger partial charge in [-0.05, 0) is 48.5 Å². The largest absolute Gasteiger partial charge is 0.497 e. The van der Waals surface area contributed by atoms with E-state index in [9.17, 15) is 14.7 Å². The molecule has 0 amide bonds. The van der Waals surface area contributed by atoms with Crippen molar-refractivity contribution in [2.45, 2.75) is 24.5 Å². The second kappa shape index (κ2) is 11.6. The van der Waals surface area contributed by atoms with Gasteiger partial charge < -0.3 is 33.5 Å². The molecule has 4 aromatic rings. The molecular formula is C27H26N4O9. The predicted molar refractivity (Wildman–Crippen MR) is 137 cm³/mol. The number of benzene rings is 2. The lowest BCUT2D eigenvalue weighted by atomic mass is 10.1. The summed E-state index contributed by atoms with van der Waals surface area (Å²) in [6.45, 7) is -0.315. The zero-order valence-electron chi connectivity index (χ0n) is 21.8. The number of methoxy groups -OCH3 is 3. The normalized spacial score (nSPS) is 20.2. The Morgan fingerprint density at radius 1 is 0.875 bits per heavy atom. The minimum absolute atomic E-state index is 0.235. The number of aliphatic hydroxyl groups excluding tert-OH is 1. The van der Waals surface area contributed by atoms with Crippen LogP contribution >= 0.6 is 0 Å². The number of aromatic nitrogens is 4. The maximum absolute atomic E-state index is 13.0. The van der Waals surface area contributed by atoms with Gasteiger partial charge in [-0.15, -0.1) is 0 Å². The lowest BCUT2D eigenvalue weighted by molar-refractivity contribution is -0.0601. The first-order valence-corrected chi connectivity index (χ1v) is 12.1. The molecule has 1 saturated heterocycles. The molecule has 1 aliphatic rings. The van der Waals surface area contributed by atoms with Gasteiger partial charge in [0.15, 0.2) is 23.5 Å². The molecule has 0 spiro atoms. The topological polar surface area (TPSA) is 153 Å². The van der Waals surface area contributed by atoms with Crippen molar-refractivity contribution in [3.8, 4) is 17.4 Å². The second-order valence-electron chi connectivity index (χ2n) is 8.69. The van der Waals surface area contributed by atoms with Gasteiger partial charge in [0.05, 0.1) is 38.8 Å². The molecule has 40 heavy (non-hydrogen) atoms. The fourth-order valence-electron chi connectivity index (χ4n) is 4.26. The molecule has 0 saturated carbocycles. The zero-order chi connectivity index (χ0) is 28.2. The minimum Gasteiger partial charge on any atom is -0.497 e. The molecule has 208 valence electrons. The number of fused-ring (bicyclic) bond motifs is 1. The second-order valence-corrected chi connectivity index (χ2v) is 8.69. The average Bonchev–Trinajstić information content (AvgIpc) is 3.56. The van der Waals surface area contributed by atoms with Crippen LogP contribution in [0.2, 0.25) is 0 Å². The highest BCUT2D eigenvalue weighted by Crippen LogP contribution is 2.35. The Kier molecular flexibility index (Phi) is 7.75. The predicted octanol–water partition coefficient (Wildman–Crippen LogP) is 2.19. The maximum Gasteiger partial charge on any atom is 0.338 e. The smallest absolute Gasteiger partial charge is 0.338 e. The summed E-state index contributed by atoms with van der Waals surface area (Å²) in [5, 5.41) is 11.2. The van der Waals surface area contributed by atoms with E-state index in [1.54, 1.807) is 36.4 Å². The number of esters is 2. The lowest BCUT2D eigenvalue weighted by Gasteiger charge is -2.22. The van der Waals surface area contributed by atoms with Crippen LogP contribution in [0.4, 0.5) is 0 Å². The Bertz CT molecular complexity index is 1490. The van der Waals surface area contributed by atoms with Crippen molar-refractivity contribution >= 4 is 23.1 Å². The Hall–Kier alpha value is -4.75. The van der Waals surface area contributed by atoms with E-state index >= 15 is 0 Å². The van der Waals surface area contributed by atoms with Crippen molar-refractivity contribution in [3.05, 3.63) is 72.3 Å². The first-order valence-electron chi connectivity index (χ1n) is 12.1. The van der Waals surface area contributed by atoms with Gasteiger partial charge in [0, 0.05) is 0 Å². The highest BCUT2D eigenvalue weighted by Gasteiger charge is 2.48. The third kappa shape index (κ3) is 5.24. The third-order valence-corrected chi connectivity index (χ3v) is 6.38. The van der Waals surface area contributed by atoms with Gasteiger partial charge in [-0.2, -0.15) is 4.98 Å². The Labute approximate surface area is 228 Å². The number of carbonyl (C=O) groups excluding carboxylic acids is 2. The zero-order valence-corrected chi connectivity index (χ0v) is 21.8. The molecule has 3 heterocycles. The molecule has 2 aromatic heterocycles. The summed E-state index contributed by atoms with van der Waals surface area (Å²) in [4.78, 5) is 38.3. The molecule has 0 radical (unpaired) electrons. The van der Waals surface area contributed by atoms with E-state index in [0.29, 0.717) is 22.7 Å². The van der Waals surface area contributed by atoms with Gasteiger partial charge in [0.1, 0.15) is 36.6 Å². The van der Waals surface area contributed by atoms with Crippen molar-refractivity contribution < 1.29 is 43.1 Å². The van der Waals surface area contributed by atoms with Crippen molar-refractivity contribution in [1.82, 2.24) is 19.5 Å². The van der Waals surface area contributed by atoms with Gasteiger partial charge in [0.2, 0.25) is 5.88 Å². The van der Waals surface area contributed by atoms with E-state index in [4.69, 9.17) is 28.4 Å². The SMILES string of the molecule is COc1ccc(C(=O)OCC2OC(n3cnc4c(OC)ncnc43)C(OC(=O)c3ccc(OC)cc3)C2O)cc1. The van der Waals surface area contributed by atoms with Gasteiger partial charge in [-0.3, -0.25) is 4.57 Å². The van der Waals surface area contributed by atoms with Crippen LogP contribution in [-0.4, -0.2) is 82.8 Å². The van der Waals surface area contributed by atoms with Crippen LogP contribution in [0.25, 0.3) is 11.2 Å². The fourth-order valence-corrected chi connectivity index (χ4v) is 4.26. The number of aliphatic hydroxyl groups is 1. The van der Waals surface area contributed by atoms with E-state index in [-0.39, 0.29) is 23.6 Å². The molecule has 1 N–H and O–H groups in total. The standard InChI is InChI=1S/C27H26N4O9/c1-35-17-8-4-15(5-9-17)26(33)38-12-19-21(32)22(40-27(34)16-6-10-18(36-2)11-7-16)25(39-19)31-14-30-20-23(31)28-13-29-24(20)37-3/h4-11,13-14,19,21-22,25,32H,12H2,1-3H3. The number of imidazole rings is 1. The van der Waals surface area contributed by atoms with Crippen LogP contribution in [0.3, 0.4) is 0 Å². The minimum atomic E-state index is -1.36. The van der Waals surface area contributed by atoms with Crippen LogP contribution in [0.5, 0.6) is 17.4 Å². The summed E-state index contributed by atoms with van der Waals surface area (Å²) in [7, 11) is 4.48. The fraction of sp³-hybridized carbons (Fsp3) is 0.296. The van der Waals surface area contributed by atoms with Crippen LogP contribution in [0.15, 0.2) is 61.2 Å². The van der Waals surface area contributed by atoms with Crippen LogP contribution < -0.4 is 14.2 Å². The van der Waals surface area contributed by atoms with Crippen LogP contribution in [0.1, 0.15) is 26.9 Å². The molecule has 0 aliphatic carbocycles. The molecule has 4 unspecified atom stereocenters. The van der Waals surface area contributed by atoms with E-state index in [1.807, 2.05) is 0 Å². The Morgan fingerprint density at radius 3 is 2.10 bits per heavy atom. The van der Waals surface area contributed by atoms with Gasteiger partial charge in [-0.25, -0.2) is 19.6 Å². The monoisotopic (exact) mass is 550 g/mol. The Morgan fingerprint density at radius 2 is 1.50 bits per heavy atom. The van der Waals surface area contributed by atoms with Crippen molar-refractivity contribution in [1.29, 1.82) is 0 Å². The van der Waals surface area contributed by atoms with Crippen molar-refractivity contribution in [2.24, 2.45) is 0 Å². The number of carbonyl (C=O) groups is 2. The summed E-state index contributed by atoms with van der Waals surface area (Å²) in [6, 6.07) is 12.7. The molecule has 1 aliphatic heterocycles. The summed E-state index contributed by atoms with van der Waals surface area (Å²) >= 11 is 0. The van der Waals surface area contributed by atoms with Crippen molar-refractivity contribution in [2.75, 3.05) is 27.9 Å². The summed E-state index contributed by atoms with van der Waals surface area (Å²) < 4.78 is 34.2. The third-order valence-electron chi connectivity index (χ3n) is 6.38. The van der Waals surface area contributed by atoms with Crippen molar-refractivity contribution in [3.63, 3.8) is 0 Å². The lowest BCUT2D eigenvalue weighted by Crippen LogP contribution is -2.37. The van der Waals surface area contributed by atoms with Gasteiger partial charge in [-0.1, -0.05) is 0 Å². The molecule has 13 heteroatoms. The summed E-state index contributed by atoms with van der Waals surface area (Å²) in [5.41, 5.74) is 1.19. The van der Waals surface area contributed by atoms with E-state index < -0.39 is 36.5 Å². The first-order chi connectivity index (χ1) is 19.4. The van der Waals surface area contributed by atoms with E-state index in [2.05, 4.69) is 15.0 Å². The number of hydrogen-bond donors (Lipinski definition) is 1. The van der Waals surface area contributed by atoms with Crippen LogP contribution in [0, 0.1) is 0 Å². The summed E-state index contributed by atoms with van der Waals surface area (Å²) in [6.07, 6.45) is -1.97. The van der Waals surface area contributed by atoms with E-state index in [1.165, 1.54) is 50.7 Å². The molecule has 4 atom stereocenters. The van der Waals surface area contributed by atoms with Gasteiger partial charge in [0.25, 0.3) is 0 Å². The molecule has 2 aromatic carbocycles. The maximum atomic E-state index is 13.0. The number of ether oxygens (including phenoxy) is 6. The molecule has 1 fully saturated rings. The first kappa shape index (κ1) is 26.8. The average molecular weight is 551 g/mol. The number of rotatable bonds is 9. The molecule has 0 bridgehead atoms. The quantitative estimate of drug-likeness (QED) is 0.304. The number of nitrogens with zero attached hydrogens (tertiary/aromatic N) is 4. The molecule has 5 rings (SSSR count). The molecular weight excluding hydrogens is 524 g/mol.